The fourth-order valence-electron chi connectivity index (χ4n) is 3.15. The molecule has 3 aromatic carbocycles. The van der Waals surface area contributed by atoms with Gasteiger partial charge in [-0.2, -0.15) is 0 Å². The van der Waals surface area contributed by atoms with E-state index in [1.54, 1.807) is 42.5 Å². The molecule has 1 heterocycles. The van der Waals surface area contributed by atoms with Crippen molar-refractivity contribution in [1.82, 2.24) is 0 Å². The maximum absolute atomic E-state index is 13.5. The highest BCUT2D eigenvalue weighted by molar-refractivity contribution is 6.16. The van der Waals surface area contributed by atoms with Crippen molar-refractivity contribution >= 4 is 34.2 Å². The van der Waals surface area contributed by atoms with E-state index in [4.69, 9.17) is 4.42 Å². The van der Waals surface area contributed by atoms with E-state index in [9.17, 15) is 14.0 Å². The summed E-state index contributed by atoms with van der Waals surface area (Å²) < 4.78 is 19.2. The minimum Gasteiger partial charge on any atom is -0.449 e. The Hall–Kier alpha value is -3.93. The number of fused-ring (bicyclic) bond motifs is 1. The van der Waals surface area contributed by atoms with Gasteiger partial charge < -0.3 is 15.1 Å². The summed E-state index contributed by atoms with van der Waals surface area (Å²) in [6.07, 6.45) is 0. The molecule has 4 aromatic rings. The minimum atomic E-state index is -0.591. The molecule has 0 aliphatic rings. The number of para-hydroxylation sites is 1. The predicted molar refractivity (Wildman–Crippen MR) is 114 cm³/mol. The second-order valence-electron chi connectivity index (χ2n) is 7.02. The van der Waals surface area contributed by atoms with Crippen molar-refractivity contribution in [1.29, 1.82) is 0 Å². The fourth-order valence-corrected chi connectivity index (χ4v) is 3.15. The molecule has 30 heavy (non-hydrogen) atoms. The summed E-state index contributed by atoms with van der Waals surface area (Å²) >= 11 is 0. The summed E-state index contributed by atoms with van der Waals surface area (Å²) in [6, 6.07) is 18.0. The van der Waals surface area contributed by atoms with Gasteiger partial charge in [0, 0.05) is 16.6 Å². The molecule has 0 saturated carbocycles. The van der Waals surface area contributed by atoms with Crippen LogP contribution in [0.25, 0.3) is 11.0 Å². The van der Waals surface area contributed by atoms with E-state index in [0.29, 0.717) is 16.5 Å². The highest BCUT2D eigenvalue weighted by atomic mass is 19.1. The summed E-state index contributed by atoms with van der Waals surface area (Å²) in [7, 11) is 0. The number of aryl methyl sites for hydroxylation is 2. The zero-order valence-electron chi connectivity index (χ0n) is 16.5. The Morgan fingerprint density at radius 2 is 1.63 bits per heavy atom. The van der Waals surface area contributed by atoms with E-state index < -0.39 is 11.7 Å². The van der Waals surface area contributed by atoms with Gasteiger partial charge in [0.15, 0.2) is 0 Å². The van der Waals surface area contributed by atoms with Crippen LogP contribution in [0.3, 0.4) is 0 Å². The second-order valence-corrected chi connectivity index (χ2v) is 7.02. The van der Waals surface area contributed by atoms with Gasteiger partial charge in [-0.15, -0.1) is 0 Å². The molecule has 0 saturated heterocycles. The number of amides is 2. The van der Waals surface area contributed by atoms with Crippen LogP contribution in [0.2, 0.25) is 0 Å². The van der Waals surface area contributed by atoms with Gasteiger partial charge in [-0.3, -0.25) is 9.59 Å². The number of halogens is 1. The smallest absolute Gasteiger partial charge is 0.293 e. The fraction of sp³-hybridized carbons (Fsp3) is 0.0833. The van der Waals surface area contributed by atoms with E-state index in [1.165, 1.54) is 18.2 Å². The van der Waals surface area contributed by atoms with Crippen LogP contribution < -0.4 is 10.6 Å². The monoisotopic (exact) mass is 402 g/mol. The maximum atomic E-state index is 13.5. The van der Waals surface area contributed by atoms with Crippen LogP contribution in [0.4, 0.5) is 15.8 Å². The SMILES string of the molecule is Cc1ccc(C(=O)Nc2c(C(=O)Nc3cccc(F)c3)oc3ccccc23)cc1C. The lowest BCUT2D eigenvalue weighted by Gasteiger charge is -2.09. The van der Waals surface area contributed by atoms with E-state index in [1.807, 2.05) is 19.9 Å². The van der Waals surface area contributed by atoms with Crippen LogP contribution in [0.1, 0.15) is 32.0 Å². The third-order valence-corrected chi connectivity index (χ3v) is 4.89. The van der Waals surface area contributed by atoms with E-state index >= 15 is 0 Å². The van der Waals surface area contributed by atoms with Gasteiger partial charge >= 0.3 is 0 Å². The van der Waals surface area contributed by atoms with E-state index in [-0.39, 0.29) is 23.0 Å². The molecular formula is C24H19FN2O3. The zero-order valence-corrected chi connectivity index (χ0v) is 16.5. The number of rotatable bonds is 4. The van der Waals surface area contributed by atoms with Gasteiger partial charge in [-0.25, -0.2) is 4.39 Å². The molecule has 0 spiro atoms. The average Bonchev–Trinajstić information content (AvgIpc) is 3.09. The van der Waals surface area contributed by atoms with Crippen molar-refractivity contribution in [3.8, 4) is 0 Å². The zero-order chi connectivity index (χ0) is 21.3. The van der Waals surface area contributed by atoms with Gasteiger partial charge in [0.2, 0.25) is 5.76 Å². The Morgan fingerprint density at radius 3 is 2.40 bits per heavy atom. The minimum absolute atomic E-state index is 0.0577. The molecule has 2 N–H and O–H groups in total. The number of hydrogen-bond donors (Lipinski definition) is 2. The quantitative estimate of drug-likeness (QED) is 0.460. The topological polar surface area (TPSA) is 71.3 Å². The van der Waals surface area contributed by atoms with Crippen LogP contribution in [0.15, 0.2) is 71.1 Å². The van der Waals surface area contributed by atoms with Crippen LogP contribution in [-0.4, -0.2) is 11.8 Å². The highest BCUT2D eigenvalue weighted by Gasteiger charge is 2.23. The van der Waals surface area contributed by atoms with Gasteiger partial charge in [0.05, 0.1) is 0 Å². The highest BCUT2D eigenvalue weighted by Crippen LogP contribution is 2.32. The first-order chi connectivity index (χ1) is 14.4. The molecule has 4 rings (SSSR count). The summed E-state index contributed by atoms with van der Waals surface area (Å²) in [6.45, 7) is 3.90. The number of furan rings is 1. The Bertz CT molecular complexity index is 1280. The maximum Gasteiger partial charge on any atom is 0.293 e. The lowest BCUT2D eigenvalue weighted by Crippen LogP contribution is -2.17. The number of hydrogen-bond acceptors (Lipinski definition) is 3. The van der Waals surface area contributed by atoms with Crippen LogP contribution in [0, 0.1) is 19.7 Å². The van der Waals surface area contributed by atoms with Gasteiger partial charge in [-0.1, -0.05) is 24.3 Å². The van der Waals surface area contributed by atoms with Crippen molar-refractivity contribution < 1.29 is 18.4 Å². The second kappa shape index (κ2) is 7.83. The number of nitrogens with one attached hydrogen (secondary N) is 2. The summed E-state index contributed by atoms with van der Waals surface area (Å²) in [5, 5.41) is 6.01. The molecule has 0 radical (unpaired) electrons. The summed E-state index contributed by atoms with van der Waals surface area (Å²) in [5.41, 5.74) is 3.55. The molecule has 0 unspecified atom stereocenters. The van der Waals surface area contributed by atoms with Gasteiger partial charge in [0.25, 0.3) is 11.8 Å². The molecule has 6 heteroatoms. The molecule has 1 aromatic heterocycles. The Balaban J connectivity index is 1.70. The lowest BCUT2D eigenvalue weighted by atomic mass is 10.1. The molecule has 2 amide bonds. The molecule has 0 aliphatic carbocycles. The molecule has 0 atom stereocenters. The Kier molecular flexibility index (Phi) is 5.06. The molecule has 0 aliphatic heterocycles. The number of anilines is 2. The van der Waals surface area contributed by atoms with Crippen molar-refractivity contribution in [2.45, 2.75) is 13.8 Å². The standard InChI is InChI=1S/C24H19FN2O3/c1-14-10-11-16(12-15(14)2)23(28)27-21-19-8-3-4-9-20(19)30-22(21)24(29)26-18-7-5-6-17(25)13-18/h3-13H,1-2H3,(H,26,29)(H,27,28). The van der Waals surface area contributed by atoms with E-state index in [0.717, 1.165) is 11.1 Å². The number of carbonyl (C=O) groups excluding carboxylic acids is 2. The van der Waals surface area contributed by atoms with Crippen LogP contribution >= 0.6 is 0 Å². The summed E-state index contributed by atoms with van der Waals surface area (Å²) in [4.78, 5) is 25.7. The molecule has 0 fully saturated rings. The molecule has 150 valence electrons. The normalized spacial score (nSPS) is 10.8. The largest absolute Gasteiger partial charge is 0.449 e. The Morgan fingerprint density at radius 1 is 0.833 bits per heavy atom. The number of benzene rings is 3. The third kappa shape index (κ3) is 3.80. The first kappa shape index (κ1) is 19.4. The number of carbonyl (C=O) groups is 2. The van der Waals surface area contributed by atoms with Crippen LogP contribution in [-0.2, 0) is 0 Å². The molecule has 5 nitrogen and oxygen atoms in total. The van der Waals surface area contributed by atoms with Crippen molar-refractivity contribution in [2.75, 3.05) is 10.6 Å². The summed E-state index contributed by atoms with van der Waals surface area (Å²) in [5.74, 6) is -1.48. The first-order valence-electron chi connectivity index (χ1n) is 9.39. The van der Waals surface area contributed by atoms with Crippen LogP contribution in [0.5, 0.6) is 0 Å². The van der Waals surface area contributed by atoms with Gasteiger partial charge in [0.1, 0.15) is 17.1 Å². The molecule has 0 bridgehead atoms. The van der Waals surface area contributed by atoms with Crippen molar-refractivity contribution in [3.63, 3.8) is 0 Å². The van der Waals surface area contributed by atoms with Gasteiger partial charge in [-0.05, 0) is 67.4 Å². The van der Waals surface area contributed by atoms with Crippen molar-refractivity contribution in [3.05, 3.63) is 95.0 Å². The third-order valence-electron chi connectivity index (χ3n) is 4.89. The van der Waals surface area contributed by atoms with E-state index in [2.05, 4.69) is 10.6 Å². The first-order valence-corrected chi connectivity index (χ1v) is 9.39. The lowest BCUT2D eigenvalue weighted by molar-refractivity contribution is 0.0999. The average molecular weight is 402 g/mol. The molecular weight excluding hydrogens is 383 g/mol. The Labute approximate surface area is 172 Å². The van der Waals surface area contributed by atoms with Crippen molar-refractivity contribution in [2.24, 2.45) is 0 Å². The predicted octanol–water partition coefficient (Wildman–Crippen LogP) is 5.69.